The molecule has 1 unspecified atom stereocenters. The van der Waals surface area contributed by atoms with Crippen molar-refractivity contribution in [3.63, 3.8) is 0 Å². The van der Waals surface area contributed by atoms with Crippen LogP contribution in [0.2, 0.25) is 0 Å². The molecule has 0 amide bonds. The lowest BCUT2D eigenvalue weighted by atomic mass is 10.3. The number of hydrogen-bond acceptors (Lipinski definition) is 3. The first-order valence-corrected chi connectivity index (χ1v) is 5.30. The van der Waals surface area contributed by atoms with Crippen molar-refractivity contribution in [1.29, 1.82) is 5.26 Å². The zero-order valence-electron chi connectivity index (χ0n) is 8.13. The highest BCUT2D eigenvalue weighted by Crippen LogP contribution is 2.22. The summed E-state index contributed by atoms with van der Waals surface area (Å²) in [6, 6.07) is 5.10. The fourth-order valence-corrected chi connectivity index (χ4v) is 1.90. The maximum Gasteiger partial charge on any atom is 0.139 e. The summed E-state index contributed by atoms with van der Waals surface area (Å²) in [6.45, 7) is 0. The summed E-state index contributed by atoms with van der Waals surface area (Å²) in [5.41, 5.74) is 0. The number of nitrogens with zero attached hydrogens (tertiary/aromatic N) is 1. The summed E-state index contributed by atoms with van der Waals surface area (Å²) in [6.07, 6.45) is 0. The monoisotopic (exact) mass is 228 g/mol. The van der Waals surface area contributed by atoms with Crippen LogP contribution in [0.3, 0.4) is 0 Å². The van der Waals surface area contributed by atoms with E-state index in [1.807, 2.05) is 6.07 Å². The molecule has 5 heteroatoms. The van der Waals surface area contributed by atoms with Gasteiger partial charge in [-0.1, -0.05) is 0 Å². The van der Waals surface area contributed by atoms with Crippen LogP contribution in [-0.2, 0) is 0 Å². The number of nitrogens with one attached hydrogen (secondary N) is 1. The summed E-state index contributed by atoms with van der Waals surface area (Å²) in [4.78, 5) is 0.354. The number of nitriles is 1. The minimum absolute atomic E-state index is 0.334. The Kier molecular flexibility index (Phi) is 4.53. The summed E-state index contributed by atoms with van der Waals surface area (Å²) in [5, 5.41) is 11.4. The van der Waals surface area contributed by atoms with E-state index < -0.39 is 11.6 Å². The Bertz CT molecular complexity index is 376. The average molecular weight is 228 g/mol. The molecule has 0 fully saturated rings. The highest BCUT2D eigenvalue weighted by atomic mass is 32.2. The molecule has 1 aromatic carbocycles. The predicted octanol–water partition coefficient (Wildman–Crippen LogP) is 2.17. The third-order valence-corrected chi connectivity index (χ3v) is 2.95. The van der Waals surface area contributed by atoms with Crippen molar-refractivity contribution in [3.05, 3.63) is 29.8 Å². The van der Waals surface area contributed by atoms with Gasteiger partial charge >= 0.3 is 0 Å². The van der Waals surface area contributed by atoms with E-state index in [1.54, 1.807) is 7.05 Å². The Morgan fingerprint density at radius 1 is 1.53 bits per heavy atom. The minimum atomic E-state index is -0.595. The van der Waals surface area contributed by atoms with Crippen LogP contribution in [0.25, 0.3) is 0 Å². The first-order valence-electron chi connectivity index (χ1n) is 4.32. The number of benzene rings is 1. The smallest absolute Gasteiger partial charge is 0.139 e. The van der Waals surface area contributed by atoms with E-state index in [2.05, 4.69) is 5.32 Å². The van der Waals surface area contributed by atoms with Gasteiger partial charge < -0.3 is 5.32 Å². The molecule has 15 heavy (non-hydrogen) atoms. The maximum absolute atomic E-state index is 13.1. The van der Waals surface area contributed by atoms with Crippen LogP contribution in [0.4, 0.5) is 8.78 Å². The Labute approximate surface area is 91.3 Å². The summed E-state index contributed by atoms with van der Waals surface area (Å²) in [7, 11) is 1.66. The highest BCUT2D eigenvalue weighted by molar-refractivity contribution is 7.99. The SMILES string of the molecule is CNC(C#N)CSc1ccc(F)cc1F. The fraction of sp³-hybridized carbons (Fsp3) is 0.300. The summed E-state index contributed by atoms with van der Waals surface area (Å²) in [5.74, 6) is -0.759. The molecule has 0 radical (unpaired) electrons. The zero-order valence-corrected chi connectivity index (χ0v) is 8.94. The third-order valence-electron chi connectivity index (χ3n) is 1.80. The van der Waals surface area contributed by atoms with E-state index in [1.165, 1.54) is 23.9 Å². The van der Waals surface area contributed by atoms with Crippen molar-refractivity contribution in [2.45, 2.75) is 10.9 Å². The zero-order chi connectivity index (χ0) is 11.3. The summed E-state index contributed by atoms with van der Waals surface area (Å²) < 4.78 is 25.7. The molecule has 0 aliphatic carbocycles. The van der Waals surface area contributed by atoms with Crippen molar-refractivity contribution in [3.8, 4) is 6.07 Å². The molecule has 80 valence electrons. The van der Waals surface area contributed by atoms with E-state index in [4.69, 9.17) is 5.26 Å². The largest absolute Gasteiger partial charge is 0.304 e. The molecular formula is C10H10F2N2S. The van der Waals surface area contributed by atoms with E-state index in [0.29, 0.717) is 10.6 Å². The molecule has 0 saturated carbocycles. The predicted molar refractivity (Wildman–Crippen MR) is 55.5 cm³/mol. The van der Waals surface area contributed by atoms with E-state index in [9.17, 15) is 8.78 Å². The third kappa shape index (κ3) is 3.50. The van der Waals surface area contributed by atoms with Crippen molar-refractivity contribution in [2.75, 3.05) is 12.8 Å². The van der Waals surface area contributed by atoms with Crippen LogP contribution < -0.4 is 5.32 Å². The van der Waals surface area contributed by atoms with Crippen LogP contribution in [0.15, 0.2) is 23.1 Å². The Morgan fingerprint density at radius 2 is 2.27 bits per heavy atom. The molecule has 0 bridgehead atoms. The summed E-state index contributed by atoms with van der Waals surface area (Å²) >= 11 is 1.19. The maximum atomic E-state index is 13.1. The molecular weight excluding hydrogens is 218 g/mol. The van der Waals surface area contributed by atoms with Crippen LogP contribution >= 0.6 is 11.8 Å². The molecule has 0 aliphatic heterocycles. The molecule has 0 heterocycles. The molecule has 0 aliphatic rings. The minimum Gasteiger partial charge on any atom is -0.304 e. The quantitative estimate of drug-likeness (QED) is 0.802. The van der Waals surface area contributed by atoms with Gasteiger partial charge in [0.25, 0.3) is 0 Å². The van der Waals surface area contributed by atoms with Crippen LogP contribution in [0.5, 0.6) is 0 Å². The number of thioether (sulfide) groups is 1. The normalized spacial score (nSPS) is 12.1. The molecule has 0 spiro atoms. The molecule has 1 rings (SSSR count). The second-order valence-corrected chi connectivity index (χ2v) is 3.92. The second-order valence-electron chi connectivity index (χ2n) is 2.86. The topological polar surface area (TPSA) is 35.8 Å². The number of hydrogen-bond donors (Lipinski definition) is 1. The molecule has 0 saturated heterocycles. The Hall–Kier alpha value is -1.12. The van der Waals surface area contributed by atoms with Gasteiger partial charge in [-0.15, -0.1) is 11.8 Å². The van der Waals surface area contributed by atoms with Gasteiger partial charge in [0.15, 0.2) is 0 Å². The lowest BCUT2D eigenvalue weighted by Gasteiger charge is -2.07. The van der Waals surface area contributed by atoms with Crippen LogP contribution in [-0.4, -0.2) is 18.8 Å². The van der Waals surface area contributed by atoms with Gasteiger partial charge in [-0.2, -0.15) is 5.26 Å². The lowest BCUT2D eigenvalue weighted by Crippen LogP contribution is -2.25. The Morgan fingerprint density at radius 3 is 2.80 bits per heavy atom. The first-order chi connectivity index (χ1) is 7.17. The molecule has 1 atom stereocenters. The molecule has 2 nitrogen and oxygen atoms in total. The van der Waals surface area contributed by atoms with Crippen molar-refractivity contribution in [2.24, 2.45) is 0 Å². The lowest BCUT2D eigenvalue weighted by molar-refractivity contribution is 0.565. The van der Waals surface area contributed by atoms with Gasteiger partial charge in [-0.3, -0.25) is 0 Å². The van der Waals surface area contributed by atoms with Gasteiger partial charge in [-0.05, 0) is 19.2 Å². The average Bonchev–Trinajstić information content (AvgIpc) is 2.22. The van der Waals surface area contributed by atoms with Gasteiger partial charge in [0, 0.05) is 16.7 Å². The number of halogens is 2. The van der Waals surface area contributed by atoms with Gasteiger partial charge in [0.2, 0.25) is 0 Å². The van der Waals surface area contributed by atoms with Crippen LogP contribution in [0, 0.1) is 23.0 Å². The van der Waals surface area contributed by atoms with Gasteiger partial charge in [0.1, 0.15) is 17.7 Å². The van der Waals surface area contributed by atoms with Crippen molar-refractivity contribution < 1.29 is 8.78 Å². The van der Waals surface area contributed by atoms with Crippen molar-refractivity contribution in [1.82, 2.24) is 5.32 Å². The van der Waals surface area contributed by atoms with E-state index >= 15 is 0 Å². The Balaban J connectivity index is 2.62. The fourth-order valence-electron chi connectivity index (χ4n) is 0.951. The van der Waals surface area contributed by atoms with Crippen LogP contribution in [0.1, 0.15) is 0 Å². The first kappa shape index (κ1) is 12.0. The highest BCUT2D eigenvalue weighted by Gasteiger charge is 2.08. The second kappa shape index (κ2) is 5.69. The molecule has 1 N–H and O–H groups in total. The molecule has 0 aromatic heterocycles. The van der Waals surface area contributed by atoms with E-state index in [0.717, 1.165) is 6.07 Å². The van der Waals surface area contributed by atoms with Crippen molar-refractivity contribution >= 4 is 11.8 Å². The standard InChI is InChI=1S/C10H10F2N2S/c1-14-8(5-13)6-15-10-3-2-7(11)4-9(10)12/h2-4,8,14H,6H2,1H3. The molecule has 1 aromatic rings. The van der Waals surface area contributed by atoms with Gasteiger partial charge in [-0.25, -0.2) is 8.78 Å². The van der Waals surface area contributed by atoms with E-state index in [-0.39, 0.29) is 6.04 Å². The van der Waals surface area contributed by atoms with Gasteiger partial charge in [0.05, 0.1) is 6.07 Å². The number of rotatable bonds is 4.